The van der Waals surface area contributed by atoms with Crippen LogP contribution in [0.1, 0.15) is 42.5 Å². The number of thioether (sulfide) groups is 1. The van der Waals surface area contributed by atoms with Gasteiger partial charge in [0.25, 0.3) is 5.91 Å². The van der Waals surface area contributed by atoms with Gasteiger partial charge >= 0.3 is 0 Å². The van der Waals surface area contributed by atoms with Crippen molar-refractivity contribution in [3.05, 3.63) is 29.8 Å². The van der Waals surface area contributed by atoms with Crippen LogP contribution < -0.4 is 0 Å². The van der Waals surface area contributed by atoms with E-state index in [0.29, 0.717) is 5.41 Å². The highest BCUT2D eigenvalue weighted by Crippen LogP contribution is 2.41. The first-order chi connectivity index (χ1) is 11.7. The van der Waals surface area contributed by atoms with Crippen LogP contribution in [0.2, 0.25) is 0 Å². The van der Waals surface area contributed by atoms with Gasteiger partial charge < -0.3 is 9.80 Å². The molecule has 1 aromatic carbocycles. The molecule has 0 N–H and O–H groups in total. The summed E-state index contributed by atoms with van der Waals surface area (Å²) >= 11 is 1.72. The highest BCUT2D eigenvalue weighted by molar-refractivity contribution is 7.98. The summed E-state index contributed by atoms with van der Waals surface area (Å²) in [5, 5.41) is 0. The summed E-state index contributed by atoms with van der Waals surface area (Å²) in [5.41, 5.74) is 1.21. The van der Waals surface area contributed by atoms with Gasteiger partial charge in [-0.3, -0.25) is 4.79 Å². The van der Waals surface area contributed by atoms with Crippen LogP contribution in [0.15, 0.2) is 29.2 Å². The monoisotopic (exact) mass is 344 g/mol. The summed E-state index contributed by atoms with van der Waals surface area (Å²) in [6.45, 7) is 5.66. The van der Waals surface area contributed by atoms with Crippen molar-refractivity contribution in [1.29, 1.82) is 0 Å². The predicted molar refractivity (Wildman–Crippen MR) is 99.6 cm³/mol. The minimum atomic E-state index is 0.221. The zero-order valence-corrected chi connectivity index (χ0v) is 15.5. The Balaban J connectivity index is 1.40. The lowest BCUT2D eigenvalue weighted by atomic mass is 9.79. The summed E-state index contributed by atoms with van der Waals surface area (Å²) in [5.74, 6) is 1.19. The van der Waals surface area contributed by atoms with Crippen molar-refractivity contribution < 1.29 is 4.79 Å². The van der Waals surface area contributed by atoms with Crippen molar-refractivity contribution in [2.45, 2.75) is 37.0 Å². The number of carbonyl (C=O) groups is 1. The fourth-order valence-electron chi connectivity index (χ4n) is 4.49. The van der Waals surface area contributed by atoms with E-state index < -0.39 is 0 Å². The molecule has 1 aromatic rings. The number of piperidine rings is 1. The molecule has 24 heavy (non-hydrogen) atoms. The number of hydrogen-bond donors (Lipinski definition) is 0. The lowest BCUT2D eigenvalue weighted by Gasteiger charge is -2.40. The molecule has 1 atom stereocenters. The van der Waals surface area contributed by atoms with Crippen molar-refractivity contribution in [2.24, 2.45) is 11.3 Å². The predicted octanol–water partition coefficient (Wildman–Crippen LogP) is 3.75. The van der Waals surface area contributed by atoms with Gasteiger partial charge in [0.15, 0.2) is 0 Å². The molecule has 1 aliphatic carbocycles. The van der Waals surface area contributed by atoms with Gasteiger partial charge in [0.1, 0.15) is 0 Å². The third-order valence-corrected chi connectivity index (χ3v) is 6.76. The molecule has 0 radical (unpaired) electrons. The van der Waals surface area contributed by atoms with Crippen LogP contribution in [-0.2, 0) is 0 Å². The van der Waals surface area contributed by atoms with E-state index in [-0.39, 0.29) is 5.91 Å². The van der Waals surface area contributed by atoms with Gasteiger partial charge in [0.2, 0.25) is 0 Å². The molecular formula is C20H28N2OS. The Morgan fingerprint density at radius 1 is 1.17 bits per heavy atom. The van der Waals surface area contributed by atoms with E-state index in [1.165, 1.54) is 56.6 Å². The fourth-order valence-corrected chi connectivity index (χ4v) is 4.90. The molecule has 2 saturated heterocycles. The Hall–Kier alpha value is -1.00. The average molecular weight is 345 g/mol. The van der Waals surface area contributed by atoms with Crippen molar-refractivity contribution in [1.82, 2.24) is 9.80 Å². The van der Waals surface area contributed by atoms with Crippen molar-refractivity contribution in [2.75, 3.05) is 39.0 Å². The van der Waals surface area contributed by atoms with Crippen LogP contribution in [0.4, 0.5) is 0 Å². The summed E-state index contributed by atoms with van der Waals surface area (Å²) < 4.78 is 0. The molecule has 1 unspecified atom stereocenters. The Morgan fingerprint density at radius 3 is 2.67 bits per heavy atom. The smallest absolute Gasteiger partial charge is 0.253 e. The first-order valence-corrected chi connectivity index (χ1v) is 10.6. The van der Waals surface area contributed by atoms with E-state index in [1.54, 1.807) is 11.8 Å². The Labute approximate surface area is 149 Å². The molecule has 1 saturated carbocycles. The second-order valence-corrected chi connectivity index (χ2v) is 8.87. The Morgan fingerprint density at radius 2 is 1.96 bits per heavy atom. The normalized spacial score (nSPS) is 27.8. The van der Waals surface area contributed by atoms with Crippen LogP contribution in [0.25, 0.3) is 0 Å². The lowest BCUT2D eigenvalue weighted by molar-refractivity contribution is 0.0681. The zero-order valence-electron chi connectivity index (χ0n) is 14.7. The first-order valence-electron chi connectivity index (χ1n) is 9.33. The lowest BCUT2D eigenvalue weighted by Crippen LogP contribution is -2.46. The summed E-state index contributed by atoms with van der Waals surface area (Å²) in [6, 6.07) is 8.09. The van der Waals surface area contributed by atoms with Crippen molar-refractivity contribution >= 4 is 17.7 Å². The number of carbonyl (C=O) groups excluding carboxylic acids is 1. The molecule has 2 heterocycles. The third kappa shape index (κ3) is 3.50. The second kappa shape index (κ2) is 6.72. The number of likely N-dealkylation sites (tertiary alicyclic amines) is 2. The molecular weight excluding hydrogens is 316 g/mol. The minimum Gasteiger partial charge on any atom is -0.338 e. The van der Waals surface area contributed by atoms with Crippen LogP contribution in [0, 0.1) is 11.3 Å². The minimum absolute atomic E-state index is 0.221. The van der Waals surface area contributed by atoms with E-state index in [9.17, 15) is 4.79 Å². The van der Waals surface area contributed by atoms with E-state index in [4.69, 9.17) is 0 Å². The van der Waals surface area contributed by atoms with Crippen molar-refractivity contribution in [3.8, 4) is 0 Å². The zero-order chi connectivity index (χ0) is 16.6. The summed E-state index contributed by atoms with van der Waals surface area (Å²) in [6.07, 6.45) is 8.71. The quantitative estimate of drug-likeness (QED) is 0.777. The number of benzene rings is 1. The molecule has 130 valence electrons. The number of amides is 1. The summed E-state index contributed by atoms with van der Waals surface area (Å²) in [4.78, 5) is 18.9. The second-order valence-electron chi connectivity index (χ2n) is 7.99. The standard InChI is InChI=1S/C20H28N2OS/c1-24-18-7-5-17(6-8-18)19(23)22-12-10-20(15-22)9-2-11-21(14-20)13-16-3-4-16/h5-8,16H,2-4,9-15H2,1H3. The average Bonchev–Trinajstić information content (AvgIpc) is 3.34. The van der Waals surface area contributed by atoms with Crippen LogP contribution >= 0.6 is 11.8 Å². The van der Waals surface area contributed by atoms with Gasteiger partial charge in [0.05, 0.1) is 0 Å². The van der Waals surface area contributed by atoms with E-state index in [2.05, 4.69) is 28.2 Å². The molecule has 0 bridgehead atoms. The van der Waals surface area contributed by atoms with Gasteiger partial charge in [-0.05, 0) is 75.1 Å². The molecule has 3 aliphatic rings. The molecule has 1 spiro atoms. The molecule has 1 amide bonds. The maximum atomic E-state index is 12.8. The van der Waals surface area contributed by atoms with Gasteiger partial charge in [-0.2, -0.15) is 0 Å². The third-order valence-electron chi connectivity index (χ3n) is 6.02. The number of nitrogens with zero attached hydrogens (tertiary/aromatic N) is 2. The van der Waals surface area contributed by atoms with Crippen LogP contribution in [0.3, 0.4) is 0 Å². The maximum absolute atomic E-state index is 12.8. The van der Waals surface area contributed by atoms with Crippen molar-refractivity contribution in [3.63, 3.8) is 0 Å². The van der Waals surface area contributed by atoms with Gasteiger partial charge in [-0.25, -0.2) is 0 Å². The van der Waals surface area contributed by atoms with Gasteiger partial charge in [-0.15, -0.1) is 11.8 Å². The SMILES string of the molecule is CSc1ccc(C(=O)N2CCC3(CCCN(CC4CC4)C3)C2)cc1. The molecule has 4 rings (SSSR count). The fraction of sp³-hybridized carbons (Fsp3) is 0.650. The number of hydrogen-bond acceptors (Lipinski definition) is 3. The topological polar surface area (TPSA) is 23.6 Å². The number of rotatable bonds is 4. The highest BCUT2D eigenvalue weighted by atomic mass is 32.2. The molecule has 3 nitrogen and oxygen atoms in total. The molecule has 2 aliphatic heterocycles. The van der Waals surface area contributed by atoms with Crippen LogP contribution in [-0.4, -0.2) is 54.7 Å². The van der Waals surface area contributed by atoms with Gasteiger partial charge in [-0.1, -0.05) is 0 Å². The molecule has 4 heteroatoms. The Bertz CT molecular complexity index is 598. The summed E-state index contributed by atoms with van der Waals surface area (Å²) in [7, 11) is 0. The van der Waals surface area contributed by atoms with E-state index in [1.807, 2.05) is 12.1 Å². The maximum Gasteiger partial charge on any atom is 0.253 e. The highest BCUT2D eigenvalue weighted by Gasteiger charge is 2.43. The van der Waals surface area contributed by atoms with E-state index in [0.717, 1.165) is 24.6 Å². The van der Waals surface area contributed by atoms with E-state index >= 15 is 0 Å². The molecule has 3 fully saturated rings. The van der Waals surface area contributed by atoms with Gasteiger partial charge in [0, 0.05) is 42.1 Å². The largest absolute Gasteiger partial charge is 0.338 e. The van der Waals surface area contributed by atoms with Crippen LogP contribution in [0.5, 0.6) is 0 Å². The molecule has 0 aromatic heterocycles. The first kappa shape index (κ1) is 16.5. The Kier molecular flexibility index (Phi) is 4.61.